The Morgan fingerprint density at radius 1 is 1.61 bits per heavy atom. The Bertz CT molecular complexity index is 416. The van der Waals surface area contributed by atoms with E-state index in [9.17, 15) is 9.59 Å². The van der Waals surface area contributed by atoms with Gasteiger partial charge in [-0.3, -0.25) is 14.3 Å². The molecule has 98 valence electrons. The summed E-state index contributed by atoms with van der Waals surface area (Å²) in [6, 6.07) is 1.46. The molecule has 0 aromatic carbocycles. The molecule has 1 saturated heterocycles. The van der Waals surface area contributed by atoms with Gasteiger partial charge in [-0.05, 0) is 18.9 Å². The minimum absolute atomic E-state index is 0.00805. The Hall–Kier alpha value is -1.85. The molecule has 1 aliphatic rings. The van der Waals surface area contributed by atoms with Crippen LogP contribution in [-0.2, 0) is 16.1 Å². The normalized spacial score (nSPS) is 19.9. The van der Waals surface area contributed by atoms with Gasteiger partial charge in [0.05, 0.1) is 0 Å². The summed E-state index contributed by atoms with van der Waals surface area (Å²) in [4.78, 5) is 25.2. The smallest absolute Gasteiger partial charge is 0.244 e. The molecule has 1 atom stereocenters. The van der Waals surface area contributed by atoms with Crippen LogP contribution in [0.5, 0.6) is 0 Å². The number of carbonyl (C=O) groups excluding carboxylic acids is 2. The first-order chi connectivity index (χ1) is 8.66. The summed E-state index contributed by atoms with van der Waals surface area (Å²) in [5, 5.41) is 6.81. The number of amides is 2. The minimum atomic E-state index is -0.353. The molecule has 0 radical (unpaired) electrons. The maximum Gasteiger partial charge on any atom is 0.244 e. The van der Waals surface area contributed by atoms with Gasteiger partial charge in [0.25, 0.3) is 0 Å². The fourth-order valence-corrected chi connectivity index (χ4v) is 2.08. The van der Waals surface area contributed by atoms with Crippen molar-refractivity contribution in [3.05, 3.63) is 18.5 Å². The lowest BCUT2D eigenvalue weighted by atomic mass is 10.1. The Morgan fingerprint density at radius 3 is 3.17 bits per heavy atom. The number of nitrogens with one attached hydrogen (secondary N) is 1. The number of carbonyl (C=O) groups is 2. The highest BCUT2D eigenvalue weighted by Gasteiger charge is 2.27. The van der Waals surface area contributed by atoms with E-state index >= 15 is 0 Å². The Labute approximate surface area is 106 Å². The third-order valence-electron chi connectivity index (χ3n) is 3.12. The van der Waals surface area contributed by atoms with E-state index < -0.39 is 0 Å². The summed E-state index contributed by atoms with van der Waals surface area (Å²) in [5.41, 5.74) is 0. The van der Waals surface area contributed by atoms with Crippen molar-refractivity contribution >= 4 is 11.8 Å². The lowest BCUT2D eigenvalue weighted by Gasteiger charge is -2.29. The Kier molecular flexibility index (Phi) is 3.96. The number of rotatable bonds is 4. The van der Waals surface area contributed by atoms with E-state index in [4.69, 9.17) is 0 Å². The largest absolute Gasteiger partial charge is 0.344 e. The number of hydrogen-bond donors (Lipinski definition) is 1. The zero-order chi connectivity index (χ0) is 13.0. The summed E-state index contributed by atoms with van der Waals surface area (Å²) in [5.74, 6) is -0.0900. The quantitative estimate of drug-likeness (QED) is 0.818. The summed E-state index contributed by atoms with van der Waals surface area (Å²) in [6.07, 6.45) is 5.50. The minimum Gasteiger partial charge on any atom is -0.344 e. The molecule has 1 N–H and O–H groups in total. The Balaban J connectivity index is 1.78. The molecule has 0 saturated carbocycles. The molecule has 2 amide bonds. The predicted molar refractivity (Wildman–Crippen MR) is 65.6 cm³/mol. The van der Waals surface area contributed by atoms with Crippen LogP contribution in [0.1, 0.15) is 19.3 Å². The van der Waals surface area contributed by atoms with E-state index in [0.717, 1.165) is 19.4 Å². The van der Waals surface area contributed by atoms with Gasteiger partial charge in [-0.2, -0.15) is 5.10 Å². The van der Waals surface area contributed by atoms with Crippen LogP contribution in [0.25, 0.3) is 0 Å². The average Bonchev–Trinajstić information content (AvgIpc) is 2.86. The van der Waals surface area contributed by atoms with E-state index in [-0.39, 0.29) is 17.9 Å². The van der Waals surface area contributed by atoms with Gasteiger partial charge >= 0.3 is 0 Å². The van der Waals surface area contributed by atoms with Crippen LogP contribution in [0.15, 0.2) is 18.5 Å². The van der Waals surface area contributed by atoms with Crippen LogP contribution < -0.4 is 5.32 Å². The van der Waals surface area contributed by atoms with Crippen molar-refractivity contribution in [3.8, 4) is 0 Å². The zero-order valence-corrected chi connectivity index (χ0v) is 10.5. The maximum absolute atomic E-state index is 11.8. The molecular weight excluding hydrogens is 232 g/mol. The van der Waals surface area contributed by atoms with Crippen LogP contribution >= 0.6 is 0 Å². The second-order valence-corrected chi connectivity index (χ2v) is 4.54. The topological polar surface area (TPSA) is 67.2 Å². The highest BCUT2D eigenvalue weighted by molar-refractivity contribution is 5.87. The average molecular weight is 250 g/mol. The molecule has 6 nitrogen and oxygen atoms in total. The van der Waals surface area contributed by atoms with E-state index in [0.29, 0.717) is 13.0 Å². The van der Waals surface area contributed by atoms with E-state index in [1.165, 1.54) is 0 Å². The summed E-state index contributed by atoms with van der Waals surface area (Å²) >= 11 is 0. The van der Waals surface area contributed by atoms with Crippen LogP contribution in [0.2, 0.25) is 0 Å². The first kappa shape index (κ1) is 12.6. The molecule has 0 unspecified atom stereocenters. The number of aromatic nitrogens is 2. The summed E-state index contributed by atoms with van der Waals surface area (Å²) < 4.78 is 1.70. The summed E-state index contributed by atoms with van der Waals surface area (Å²) in [6.45, 7) is 1.31. The van der Waals surface area contributed by atoms with Gasteiger partial charge in [-0.25, -0.2) is 0 Å². The highest BCUT2D eigenvalue weighted by atomic mass is 16.2. The first-order valence-electron chi connectivity index (χ1n) is 6.18. The van der Waals surface area contributed by atoms with Gasteiger partial charge in [-0.15, -0.1) is 0 Å². The van der Waals surface area contributed by atoms with Crippen LogP contribution in [0.4, 0.5) is 0 Å². The second-order valence-electron chi connectivity index (χ2n) is 4.54. The van der Waals surface area contributed by atoms with Gasteiger partial charge < -0.3 is 10.2 Å². The molecule has 0 spiro atoms. The number of nitrogens with zero attached hydrogens (tertiary/aromatic N) is 3. The molecule has 0 bridgehead atoms. The van der Waals surface area contributed by atoms with Crippen molar-refractivity contribution in [2.45, 2.75) is 31.8 Å². The molecule has 1 fully saturated rings. The molecule has 18 heavy (non-hydrogen) atoms. The van der Waals surface area contributed by atoms with E-state index in [2.05, 4.69) is 10.4 Å². The van der Waals surface area contributed by atoms with Gasteiger partial charge in [-0.1, -0.05) is 0 Å². The maximum atomic E-state index is 11.8. The molecule has 6 heteroatoms. The lowest BCUT2D eigenvalue weighted by Crippen LogP contribution is -2.50. The molecule has 1 aliphatic heterocycles. The molecular formula is C12H18N4O2. The second kappa shape index (κ2) is 5.66. The first-order valence-corrected chi connectivity index (χ1v) is 6.18. The summed E-state index contributed by atoms with van der Waals surface area (Å²) in [7, 11) is 1.77. The van der Waals surface area contributed by atoms with E-state index in [1.54, 1.807) is 22.8 Å². The third-order valence-corrected chi connectivity index (χ3v) is 3.12. The van der Waals surface area contributed by atoms with Gasteiger partial charge in [0.2, 0.25) is 11.8 Å². The van der Waals surface area contributed by atoms with Crippen molar-refractivity contribution in [2.24, 2.45) is 0 Å². The van der Waals surface area contributed by atoms with Crippen LogP contribution in [0, 0.1) is 0 Å². The van der Waals surface area contributed by atoms with Gasteiger partial charge in [0, 0.05) is 39.0 Å². The number of aryl methyl sites for hydroxylation is 1. The van der Waals surface area contributed by atoms with Gasteiger partial charge in [0.15, 0.2) is 0 Å². The molecule has 1 aromatic rings. The fourth-order valence-electron chi connectivity index (χ4n) is 2.08. The highest BCUT2D eigenvalue weighted by Crippen LogP contribution is 2.09. The monoisotopic (exact) mass is 250 g/mol. The number of likely N-dealkylation sites (tertiary alicyclic amines) is 1. The lowest BCUT2D eigenvalue weighted by molar-refractivity contribution is -0.137. The molecule has 2 rings (SSSR count). The van der Waals surface area contributed by atoms with Crippen molar-refractivity contribution in [1.29, 1.82) is 0 Å². The number of piperidine rings is 1. The van der Waals surface area contributed by atoms with Crippen LogP contribution in [0.3, 0.4) is 0 Å². The SMILES string of the molecule is CN1CCC[C@H](NC(=O)CCn2cccn2)C1=O. The van der Waals surface area contributed by atoms with E-state index in [1.807, 2.05) is 12.3 Å². The van der Waals surface area contributed by atoms with Crippen molar-refractivity contribution in [1.82, 2.24) is 20.0 Å². The van der Waals surface area contributed by atoms with Crippen molar-refractivity contribution in [3.63, 3.8) is 0 Å². The fraction of sp³-hybridized carbons (Fsp3) is 0.583. The third kappa shape index (κ3) is 3.09. The zero-order valence-electron chi connectivity index (χ0n) is 10.5. The molecule has 1 aromatic heterocycles. The standard InChI is InChI=1S/C12H18N4O2/c1-15-7-2-4-10(12(15)18)14-11(17)5-9-16-8-3-6-13-16/h3,6,8,10H,2,4-5,7,9H2,1H3,(H,14,17)/t10-/m0/s1. The molecule has 0 aliphatic carbocycles. The Morgan fingerprint density at radius 2 is 2.44 bits per heavy atom. The van der Waals surface area contributed by atoms with Crippen molar-refractivity contribution in [2.75, 3.05) is 13.6 Å². The number of likely N-dealkylation sites (N-methyl/N-ethyl adjacent to an activating group) is 1. The van der Waals surface area contributed by atoms with Crippen molar-refractivity contribution < 1.29 is 9.59 Å². The van der Waals surface area contributed by atoms with Gasteiger partial charge in [0.1, 0.15) is 6.04 Å². The predicted octanol–water partition coefficient (Wildman–Crippen LogP) is 0.0102. The molecule has 2 heterocycles. The number of hydrogen-bond acceptors (Lipinski definition) is 3. The van der Waals surface area contributed by atoms with Crippen LogP contribution in [-0.4, -0.2) is 46.1 Å².